The zero-order chi connectivity index (χ0) is 20.5. The van der Waals surface area contributed by atoms with E-state index in [1.807, 2.05) is 30.3 Å². The van der Waals surface area contributed by atoms with Crippen molar-refractivity contribution in [3.63, 3.8) is 0 Å². The summed E-state index contributed by atoms with van der Waals surface area (Å²) in [6.07, 6.45) is 0.363. The van der Waals surface area contributed by atoms with Crippen molar-refractivity contribution in [2.75, 3.05) is 20.8 Å². The molecule has 0 fully saturated rings. The largest absolute Gasteiger partial charge is 0.497 e. The zero-order valence-corrected chi connectivity index (χ0v) is 16.1. The maximum absolute atomic E-state index is 12.2. The Bertz CT molecular complexity index is 834. The maximum atomic E-state index is 12.2. The molecule has 0 aliphatic carbocycles. The predicted molar refractivity (Wildman–Crippen MR) is 103 cm³/mol. The monoisotopic (exact) mass is 385 g/mol. The van der Waals surface area contributed by atoms with Gasteiger partial charge >= 0.3 is 5.97 Å². The molecule has 2 rings (SSSR count). The van der Waals surface area contributed by atoms with Crippen LogP contribution < -0.4 is 14.8 Å². The molecule has 7 heteroatoms. The fourth-order valence-electron chi connectivity index (χ4n) is 2.56. The molecule has 0 saturated heterocycles. The average Bonchev–Trinajstić information content (AvgIpc) is 2.71. The summed E-state index contributed by atoms with van der Waals surface area (Å²) in [6.45, 7) is 0.898. The quantitative estimate of drug-likeness (QED) is 0.666. The van der Waals surface area contributed by atoms with Crippen LogP contribution in [0.1, 0.15) is 22.8 Å². The third kappa shape index (κ3) is 5.84. The van der Waals surface area contributed by atoms with Crippen molar-refractivity contribution in [1.29, 1.82) is 0 Å². The van der Waals surface area contributed by atoms with E-state index in [2.05, 4.69) is 5.32 Å². The number of hydrogen-bond donors (Lipinski definition) is 1. The van der Waals surface area contributed by atoms with Crippen molar-refractivity contribution in [3.8, 4) is 11.5 Å². The van der Waals surface area contributed by atoms with Crippen LogP contribution in [0.25, 0.3) is 0 Å². The van der Waals surface area contributed by atoms with Crippen molar-refractivity contribution in [2.45, 2.75) is 19.4 Å². The molecule has 0 saturated carbocycles. The molecule has 2 aromatic rings. The number of amides is 1. The number of Topliss-reactive ketones (excluding diaryl/α,β-unsaturated/α-hetero) is 1. The van der Waals surface area contributed by atoms with Crippen LogP contribution in [-0.2, 0) is 20.7 Å². The Hall–Kier alpha value is -3.35. The number of benzene rings is 2. The molecule has 7 nitrogen and oxygen atoms in total. The van der Waals surface area contributed by atoms with Gasteiger partial charge in [-0.25, -0.2) is 4.79 Å². The van der Waals surface area contributed by atoms with Gasteiger partial charge in [-0.15, -0.1) is 0 Å². The number of esters is 1. The molecule has 0 aromatic heterocycles. The third-order valence-electron chi connectivity index (χ3n) is 4.07. The molecular formula is C21H23NO6. The van der Waals surface area contributed by atoms with Crippen molar-refractivity contribution < 1.29 is 28.6 Å². The Morgan fingerprint density at radius 2 is 1.71 bits per heavy atom. The summed E-state index contributed by atoms with van der Waals surface area (Å²) in [4.78, 5) is 36.2. The lowest BCUT2D eigenvalue weighted by molar-refractivity contribution is -0.128. The van der Waals surface area contributed by atoms with Crippen LogP contribution in [0, 0.1) is 0 Å². The van der Waals surface area contributed by atoms with E-state index < -0.39 is 24.5 Å². The minimum atomic E-state index is -0.711. The van der Waals surface area contributed by atoms with E-state index in [9.17, 15) is 14.4 Å². The van der Waals surface area contributed by atoms with Crippen molar-refractivity contribution >= 4 is 17.7 Å². The van der Waals surface area contributed by atoms with Gasteiger partial charge in [0.25, 0.3) is 5.91 Å². The van der Waals surface area contributed by atoms with Crippen LogP contribution in [0.2, 0.25) is 0 Å². The van der Waals surface area contributed by atoms with E-state index in [0.717, 1.165) is 5.56 Å². The molecule has 1 N–H and O–H groups in total. The van der Waals surface area contributed by atoms with Gasteiger partial charge in [0, 0.05) is 6.07 Å². The Balaban J connectivity index is 1.95. The topological polar surface area (TPSA) is 90.9 Å². The molecular weight excluding hydrogens is 362 g/mol. The second-order valence-electron chi connectivity index (χ2n) is 6.06. The summed E-state index contributed by atoms with van der Waals surface area (Å²) in [5, 5.41) is 2.60. The highest BCUT2D eigenvalue weighted by atomic mass is 16.5. The molecule has 0 aliphatic heterocycles. The molecule has 0 heterocycles. The summed E-state index contributed by atoms with van der Waals surface area (Å²) < 4.78 is 15.3. The number of ether oxygens (including phenoxy) is 3. The Morgan fingerprint density at radius 3 is 2.32 bits per heavy atom. The van der Waals surface area contributed by atoms with E-state index >= 15 is 0 Å². The molecule has 0 bridgehead atoms. The van der Waals surface area contributed by atoms with Gasteiger partial charge in [-0.2, -0.15) is 0 Å². The SMILES string of the molecule is COc1ccc(C(=O)OCC(=O)N[C@@H](Cc2ccccc2)C(C)=O)c(OC)c1. The van der Waals surface area contributed by atoms with E-state index in [4.69, 9.17) is 14.2 Å². The van der Waals surface area contributed by atoms with Gasteiger partial charge in [0.1, 0.15) is 17.1 Å². The second kappa shape index (κ2) is 10.1. The number of carbonyl (C=O) groups is 3. The van der Waals surface area contributed by atoms with E-state index in [1.54, 1.807) is 12.1 Å². The summed E-state index contributed by atoms with van der Waals surface area (Å²) in [5.41, 5.74) is 1.09. The average molecular weight is 385 g/mol. The summed E-state index contributed by atoms with van der Waals surface area (Å²) >= 11 is 0. The molecule has 0 aliphatic rings. The number of carbonyl (C=O) groups excluding carboxylic acids is 3. The van der Waals surface area contributed by atoms with Crippen LogP contribution >= 0.6 is 0 Å². The van der Waals surface area contributed by atoms with Crippen LogP contribution in [0.5, 0.6) is 11.5 Å². The van der Waals surface area contributed by atoms with Crippen molar-refractivity contribution in [1.82, 2.24) is 5.32 Å². The van der Waals surface area contributed by atoms with Crippen molar-refractivity contribution in [3.05, 3.63) is 59.7 Å². The zero-order valence-electron chi connectivity index (χ0n) is 16.1. The number of ketones is 1. The third-order valence-corrected chi connectivity index (χ3v) is 4.07. The van der Waals surface area contributed by atoms with Gasteiger partial charge in [0.05, 0.1) is 20.3 Å². The highest BCUT2D eigenvalue weighted by Crippen LogP contribution is 2.25. The Labute approximate surface area is 163 Å². The maximum Gasteiger partial charge on any atom is 0.342 e. The molecule has 0 unspecified atom stereocenters. The fourth-order valence-corrected chi connectivity index (χ4v) is 2.56. The van der Waals surface area contributed by atoms with Gasteiger partial charge < -0.3 is 19.5 Å². The Morgan fingerprint density at radius 1 is 1.00 bits per heavy atom. The summed E-state index contributed by atoms with van der Waals surface area (Å²) in [5.74, 6) is -0.652. The van der Waals surface area contributed by atoms with E-state index in [-0.39, 0.29) is 17.1 Å². The lowest BCUT2D eigenvalue weighted by Gasteiger charge is -2.16. The number of rotatable bonds is 9. The first kappa shape index (κ1) is 21.0. The molecule has 1 amide bonds. The van der Waals surface area contributed by atoms with Gasteiger partial charge in [0.2, 0.25) is 0 Å². The van der Waals surface area contributed by atoms with Gasteiger partial charge in [-0.1, -0.05) is 30.3 Å². The second-order valence-corrected chi connectivity index (χ2v) is 6.06. The molecule has 0 spiro atoms. The van der Waals surface area contributed by atoms with Gasteiger partial charge in [0.15, 0.2) is 12.4 Å². The van der Waals surface area contributed by atoms with Crippen molar-refractivity contribution in [2.24, 2.45) is 0 Å². The van der Waals surface area contributed by atoms with E-state index in [1.165, 1.54) is 27.2 Å². The molecule has 0 radical (unpaired) electrons. The molecule has 1 atom stereocenters. The van der Waals surface area contributed by atoms with Crippen LogP contribution in [-0.4, -0.2) is 44.5 Å². The summed E-state index contributed by atoms with van der Waals surface area (Å²) in [6, 6.07) is 13.3. The smallest absolute Gasteiger partial charge is 0.342 e. The van der Waals surface area contributed by atoms with Crippen LogP contribution in [0.15, 0.2) is 48.5 Å². The van der Waals surface area contributed by atoms with Crippen LogP contribution in [0.3, 0.4) is 0 Å². The normalized spacial score (nSPS) is 11.2. The fraction of sp³-hybridized carbons (Fsp3) is 0.286. The first-order chi connectivity index (χ1) is 13.4. The minimum Gasteiger partial charge on any atom is -0.497 e. The van der Waals surface area contributed by atoms with Crippen LogP contribution in [0.4, 0.5) is 0 Å². The standard InChI is InChI=1S/C21H23NO6/c1-14(23)18(11-15-7-5-4-6-8-15)22-20(24)13-28-21(25)17-10-9-16(26-2)12-19(17)27-3/h4-10,12,18H,11,13H2,1-3H3,(H,22,24)/t18-/m0/s1. The number of hydrogen-bond acceptors (Lipinski definition) is 6. The minimum absolute atomic E-state index is 0.170. The van der Waals surface area contributed by atoms with Gasteiger partial charge in [-0.05, 0) is 31.0 Å². The van der Waals surface area contributed by atoms with E-state index in [0.29, 0.717) is 12.2 Å². The first-order valence-corrected chi connectivity index (χ1v) is 8.67. The molecule has 28 heavy (non-hydrogen) atoms. The van der Waals surface area contributed by atoms with Gasteiger partial charge in [-0.3, -0.25) is 9.59 Å². The summed E-state index contributed by atoms with van der Waals surface area (Å²) in [7, 11) is 2.91. The molecule has 2 aromatic carbocycles. The highest BCUT2D eigenvalue weighted by Gasteiger charge is 2.20. The predicted octanol–water partition coefficient (Wildman–Crippen LogP) is 2.18. The first-order valence-electron chi connectivity index (χ1n) is 8.67. The lowest BCUT2D eigenvalue weighted by atomic mass is 10.0. The molecule has 148 valence electrons. The highest BCUT2D eigenvalue weighted by molar-refractivity contribution is 5.95. The Kier molecular flexibility index (Phi) is 7.56. The lowest BCUT2D eigenvalue weighted by Crippen LogP contribution is -2.43. The number of methoxy groups -OCH3 is 2. The number of nitrogens with one attached hydrogen (secondary N) is 1.